The summed E-state index contributed by atoms with van der Waals surface area (Å²) in [5.41, 5.74) is 5.86. The molecule has 0 atom stereocenters. The van der Waals surface area contributed by atoms with E-state index in [2.05, 4.69) is 31.5 Å². The maximum absolute atomic E-state index is 4.27. The van der Waals surface area contributed by atoms with Crippen molar-refractivity contribution in [2.75, 3.05) is 7.05 Å². The summed E-state index contributed by atoms with van der Waals surface area (Å²) in [7, 11) is 1.82. The second-order valence-corrected chi connectivity index (χ2v) is 3.60. The lowest BCUT2D eigenvalue weighted by molar-refractivity contribution is 1.28. The molecule has 0 aromatic carbocycles. The Kier molecular flexibility index (Phi) is 3.23. The van der Waals surface area contributed by atoms with Gasteiger partial charge in [-0.25, -0.2) is 0 Å². The van der Waals surface area contributed by atoms with Gasteiger partial charge in [-0.05, 0) is 38.0 Å². The lowest BCUT2D eigenvalue weighted by Gasteiger charge is -2.15. The Bertz CT molecular complexity index is 376. The van der Waals surface area contributed by atoms with Crippen LogP contribution < -0.4 is 0 Å². The first-order valence-corrected chi connectivity index (χ1v) is 4.77. The number of aliphatic imine (C=N–C) groups is 1. The Morgan fingerprint density at radius 3 is 2.50 bits per heavy atom. The summed E-state index contributed by atoms with van der Waals surface area (Å²) in [6, 6.07) is 0. The van der Waals surface area contributed by atoms with Gasteiger partial charge >= 0.3 is 0 Å². The summed E-state index contributed by atoms with van der Waals surface area (Å²) in [6.07, 6.45) is 6.18. The van der Waals surface area contributed by atoms with E-state index in [1.165, 1.54) is 16.7 Å². The van der Waals surface area contributed by atoms with Crippen molar-refractivity contribution >= 4 is 5.71 Å². The van der Waals surface area contributed by atoms with Crippen LogP contribution in [0.25, 0.3) is 0 Å². The lowest BCUT2D eigenvalue weighted by Crippen LogP contribution is -2.07. The molecule has 0 saturated heterocycles. The van der Waals surface area contributed by atoms with Crippen LogP contribution in [0.3, 0.4) is 0 Å². The van der Waals surface area contributed by atoms with E-state index in [1.54, 1.807) is 0 Å². The van der Waals surface area contributed by atoms with Crippen LogP contribution in [-0.2, 0) is 0 Å². The van der Waals surface area contributed by atoms with Crippen LogP contribution in [0.4, 0.5) is 0 Å². The zero-order chi connectivity index (χ0) is 10.7. The highest BCUT2D eigenvalue weighted by Crippen LogP contribution is 2.24. The lowest BCUT2D eigenvalue weighted by atomic mass is 9.91. The summed E-state index contributed by atoms with van der Waals surface area (Å²) in [4.78, 5) is 4.27. The third kappa shape index (κ3) is 1.92. The van der Waals surface area contributed by atoms with Crippen LogP contribution in [-0.4, -0.2) is 12.8 Å². The fourth-order valence-corrected chi connectivity index (χ4v) is 1.54. The first-order chi connectivity index (χ1) is 6.57. The van der Waals surface area contributed by atoms with Gasteiger partial charge in [0.05, 0.1) is 5.71 Å². The number of rotatable bonds is 1. The van der Waals surface area contributed by atoms with Gasteiger partial charge in [0.15, 0.2) is 0 Å². The number of nitrogens with zero attached hydrogens (tertiary/aromatic N) is 1. The second kappa shape index (κ2) is 4.23. The number of allylic oxidation sites excluding steroid dienone is 7. The predicted octanol–water partition coefficient (Wildman–Crippen LogP) is 3.47. The van der Waals surface area contributed by atoms with Crippen molar-refractivity contribution in [2.45, 2.75) is 20.8 Å². The average Bonchev–Trinajstić information content (AvgIpc) is 2.16. The molecule has 14 heavy (non-hydrogen) atoms. The highest BCUT2D eigenvalue weighted by atomic mass is 14.7. The summed E-state index contributed by atoms with van der Waals surface area (Å²) < 4.78 is 0. The van der Waals surface area contributed by atoms with Gasteiger partial charge in [0, 0.05) is 12.6 Å². The molecule has 0 spiro atoms. The quantitative estimate of drug-likeness (QED) is 0.596. The Morgan fingerprint density at radius 1 is 1.36 bits per heavy atom. The SMILES string of the molecule is C=C(C)/C(C)=C1/C(C)=CC=CC1=NC. The fourth-order valence-electron chi connectivity index (χ4n) is 1.54. The van der Waals surface area contributed by atoms with Gasteiger partial charge in [-0.1, -0.05) is 24.3 Å². The Labute approximate surface area is 86.2 Å². The predicted molar refractivity (Wildman–Crippen MR) is 63.8 cm³/mol. The van der Waals surface area contributed by atoms with Crippen molar-refractivity contribution in [1.29, 1.82) is 0 Å². The van der Waals surface area contributed by atoms with E-state index in [-0.39, 0.29) is 0 Å². The third-order valence-corrected chi connectivity index (χ3v) is 2.51. The fraction of sp³-hybridized carbons (Fsp3) is 0.308. The van der Waals surface area contributed by atoms with Gasteiger partial charge in [0.25, 0.3) is 0 Å². The van der Waals surface area contributed by atoms with E-state index < -0.39 is 0 Å². The highest BCUT2D eigenvalue weighted by Gasteiger charge is 2.12. The molecule has 0 fully saturated rings. The molecule has 1 nitrogen and oxygen atoms in total. The highest BCUT2D eigenvalue weighted by molar-refractivity contribution is 6.13. The van der Waals surface area contributed by atoms with Crippen molar-refractivity contribution in [3.8, 4) is 0 Å². The summed E-state index contributed by atoms with van der Waals surface area (Å²) >= 11 is 0. The molecule has 0 N–H and O–H groups in total. The minimum absolute atomic E-state index is 1.05. The second-order valence-electron chi connectivity index (χ2n) is 3.60. The molecule has 0 saturated carbocycles. The molecule has 0 aromatic heterocycles. The van der Waals surface area contributed by atoms with Gasteiger partial charge < -0.3 is 0 Å². The first-order valence-electron chi connectivity index (χ1n) is 4.77. The largest absolute Gasteiger partial charge is 0.288 e. The molecule has 0 heterocycles. The van der Waals surface area contributed by atoms with E-state index in [9.17, 15) is 0 Å². The molecule has 0 radical (unpaired) electrons. The van der Waals surface area contributed by atoms with E-state index in [0.29, 0.717) is 0 Å². The summed E-state index contributed by atoms with van der Waals surface area (Å²) in [5.74, 6) is 0. The average molecular weight is 187 g/mol. The number of hydrogen-bond acceptors (Lipinski definition) is 1. The van der Waals surface area contributed by atoms with Crippen LogP contribution in [0, 0.1) is 0 Å². The monoisotopic (exact) mass is 187 g/mol. The Hall–Kier alpha value is -1.37. The van der Waals surface area contributed by atoms with Gasteiger partial charge in [0.1, 0.15) is 0 Å². The van der Waals surface area contributed by atoms with E-state index in [1.807, 2.05) is 26.1 Å². The molecular weight excluding hydrogens is 170 g/mol. The minimum atomic E-state index is 1.05. The van der Waals surface area contributed by atoms with Crippen LogP contribution >= 0.6 is 0 Å². The van der Waals surface area contributed by atoms with Crippen LogP contribution in [0.15, 0.2) is 52.1 Å². The van der Waals surface area contributed by atoms with Crippen molar-refractivity contribution in [2.24, 2.45) is 4.99 Å². The maximum atomic E-state index is 4.27. The molecule has 1 heteroatoms. The Balaban J connectivity index is 3.32. The third-order valence-electron chi connectivity index (χ3n) is 2.51. The number of hydrogen-bond donors (Lipinski definition) is 0. The molecule has 74 valence electrons. The molecule has 0 bridgehead atoms. The van der Waals surface area contributed by atoms with Crippen molar-refractivity contribution in [3.63, 3.8) is 0 Å². The van der Waals surface area contributed by atoms with Gasteiger partial charge in [-0.2, -0.15) is 0 Å². The van der Waals surface area contributed by atoms with Crippen molar-refractivity contribution in [3.05, 3.63) is 47.1 Å². The van der Waals surface area contributed by atoms with E-state index in [0.717, 1.165) is 11.3 Å². The van der Waals surface area contributed by atoms with Gasteiger partial charge in [0.2, 0.25) is 0 Å². The molecule has 0 aromatic rings. The maximum Gasteiger partial charge on any atom is 0.0648 e. The van der Waals surface area contributed by atoms with Crippen molar-refractivity contribution in [1.82, 2.24) is 0 Å². The summed E-state index contributed by atoms with van der Waals surface area (Å²) in [5, 5.41) is 0. The van der Waals surface area contributed by atoms with E-state index >= 15 is 0 Å². The smallest absolute Gasteiger partial charge is 0.0648 e. The Morgan fingerprint density at radius 2 is 2.00 bits per heavy atom. The summed E-state index contributed by atoms with van der Waals surface area (Å²) in [6.45, 7) is 10.2. The molecule has 0 aliphatic heterocycles. The molecule has 0 amide bonds. The minimum Gasteiger partial charge on any atom is -0.288 e. The van der Waals surface area contributed by atoms with Crippen LogP contribution in [0.2, 0.25) is 0 Å². The molecule has 1 rings (SSSR count). The van der Waals surface area contributed by atoms with Crippen molar-refractivity contribution < 1.29 is 0 Å². The molecule has 1 aliphatic rings. The molecule has 1 aliphatic carbocycles. The zero-order valence-corrected chi connectivity index (χ0v) is 9.39. The van der Waals surface area contributed by atoms with Crippen LogP contribution in [0.1, 0.15) is 20.8 Å². The molecule has 0 unspecified atom stereocenters. The first kappa shape index (κ1) is 10.7. The van der Waals surface area contributed by atoms with Gasteiger partial charge in [-0.3, -0.25) is 4.99 Å². The normalized spacial score (nSPS) is 22.3. The zero-order valence-electron chi connectivity index (χ0n) is 9.39. The molecular formula is C13H17N. The van der Waals surface area contributed by atoms with Crippen LogP contribution in [0.5, 0.6) is 0 Å². The van der Waals surface area contributed by atoms with Gasteiger partial charge in [-0.15, -0.1) is 0 Å². The standard InChI is InChI=1S/C13H17N/c1-9(2)11(4)13-10(3)7-6-8-12(13)14-5/h6-8H,1H2,2-5H3/b13-11-,14-12?. The topological polar surface area (TPSA) is 12.4 Å². The van der Waals surface area contributed by atoms with E-state index in [4.69, 9.17) is 0 Å².